The molecule has 1 aliphatic heterocycles. The highest BCUT2D eigenvalue weighted by molar-refractivity contribution is 7.15. The van der Waals surface area contributed by atoms with E-state index in [-0.39, 0.29) is 18.3 Å². The topological polar surface area (TPSA) is 54.0 Å². The summed E-state index contributed by atoms with van der Waals surface area (Å²) >= 11 is 1.67. The van der Waals surface area contributed by atoms with Gasteiger partial charge in [-0.25, -0.2) is 4.98 Å². The fourth-order valence-corrected chi connectivity index (χ4v) is 4.26. The van der Waals surface area contributed by atoms with E-state index in [1.54, 1.807) is 11.3 Å². The number of nitrogens with zero attached hydrogens (tertiary/aromatic N) is 1. The molecule has 2 heterocycles. The molecule has 3 rings (SSSR count). The Labute approximate surface area is 136 Å². The number of fused-ring (bicyclic) bond motifs is 1. The van der Waals surface area contributed by atoms with Gasteiger partial charge in [-0.2, -0.15) is 0 Å². The average Bonchev–Trinajstić information content (AvgIpc) is 3.04. The van der Waals surface area contributed by atoms with Gasteiger partial charge in [0.05, 0.1) is 5.69 Å². The number of rotatable bonds is 4. The third kappa shape index (κ3) is 4.41. The normalized spacial score (nSPS) is 24.2. The second-order valence-corrected chi connectivity index (χ2v) is 7.27. The molecule has 4 nitrogen and oxygen atoms in total. The zero-order valence-corrected chi connectivity index (χ0v) is 14.1. The quantitative estimate of drug-likeness (QED) is 0.892. The lowest BCUT2D eigenvalue weighted by Crippen LogP contribution is -2.15. The lowest BCUT2D eigenvalue weighted by molar-refractivity contribution is -0.116. The van der Waals surface area contributed by atoms with Crippen LogP contribution in [0.3, 0.4) is 0 Å². The smallest absolute Gasteiger partial charge is 0.226 e. The largest absolute Gasteiger partial charge is 0.316 e. The summed E-state index contributed by atoms with van der Waals surface area (Å²) in [5, 5.41) is 7.13. The maximum Gasteiger partial charge on any atom is 0.226 e. The van der Waals surface area contributed by atoms with Crippen LogP contribution in [0.15, 0.2) is 0 Å². The Hall–Kier alpha value is -0.650. The Morgan fingerprint density at radius 1 is 1.48 bits per heavy atom. The van der Waals surface area contributed by atoms with Gasteiger partial charge in [-0.15, -0.1) is 23.7 Å². The van der Waals surface area contributed by atoms with Gasteiger partial charge in [0, 0.05) is 11.3 Å². The van der Waals surface area contributed by atoms with Crippen LogP contribution in [0.4, 0.5) is 5.13 Å². The van der Waals surface area contributed by atoms with E-state index in [2.05, 4.69) is 22.5 Å². The van der Waals surface area contributed by atoms with E-state index < -0.39 is 0 Å². The fraction of sp³-hybridized carbons (Fsp3) is 0.733. The van der Waals surface area contributed by atoms with Gasteiger partial charge in [0.15, 0.2) is 5.13 Å². The highest BCUT2D eigenvalue weighted by Crippen LogP contribution is 2.32. The number of anilines is 1. The van der Waals surface area contributed by atoms with Crippen LogP contribution in [0.1, 0.15) is 43.2 Å². The molecule has 1 aliphatic carbocycles. The molecule has 2 atom stereocenters. The second-order valence-electron chi connectivity index (χ2n) is 6.18. The third-order valence-electron chi connectivity index (χ3n) is 4.37. The molecule has 1 aromatic heterocycles. The number of nitrogens with one attached hydrogen (secondary N) is 2. The third-order valence-corrected chi connectivity index (χ3v) is 5.41. The van der Waals surface area contributed by atoms with E-state index in [1.807, 2.05) is 0 Å². The molecule has 1 aromatic rings. The Bertz CT molecular complexity index is 485. The van der Waals surface area contributed by atoms with Crippen molar-refractivity contribution >= 4 is 34.8 Å². The zero-order chi connectivity index (χ0) is 13.9. The van der Waals surface area contributed by atoms with Gasteiger partial charge in [0.1, 0.15) is 0 Å². The van der Waals surface area contributed by atoms with Gasteiger partial charge < -0.3 is 10.6 Å². The standard InChI is InChI=1S/C15H23N3OS.ClH/c1-10-2-4-12-13(8-10)20-15(17-12)18-14(19)5-3-11-6-7-16-9-11;/h10-11,16H,2-9H2,1H3,(H,17,18,19);1H. The van der Waals surface area contributed by atoms with E-state index in [4.69, 9.17) is 0 Å². The number of carbonyl (C=O) groups is 1. The predicted molar refractivity (Wildman–Crippen MR) is 89.4 cm³/mol. The summed E-state index contributed by atoms with van der Waals surface area (Å²) in [6.07, 6.45) is 6.22. The van der Waals surface area contributed by atoms with Crippen LogP contribution in [0.5, 0.6) is 0 Å². The van der Waals surface area contributed by atoms with Crippen molar-refractivity contribution in [1.29, 1.82) is 0 Å². The molecule has 0 spiro atoms. The molecular weight excluding hydrogens is 306 g/mol. The first kappa shape index (κ1) is 16.7. The minimum Gasteiger partial charge on any atom is -0.316 e. The Morgan fingerprint density at radius 3 is 3.10 bits per heavy atom. The van der Waals surface area contributed by atoms with Crippen LogP contribution in [0.2, 0.25) is 0 Å². The van der Waals surface area contributed by atoms with Crippen LogP contribution in [0, 0.1) is 11.8 Å². The van der Waals surface area contributed by atoms with Crippen LogP contribution in [-0.2, 0) is 17.6 Å². The monoisotopic (exact) mass is 329 g/mol. The van der Waals surface area contributed by atoms with E-state index >= 15 is 0 Å². The number of aryl methyl sites for hydroxylation is 1. The van der Waals surface area contributed by atoms with Crippen molar-refractivity contribution in [3.05, 3.63) is 10.6 Å². The number of thiazole rings is 1. The average molecular weight is 330 g/mol. The van der Waals surface area contributed by atoms with Crippen LogP contribution in [0.25, 0.3) is 0 Å². The highest BCUT2D eigenvalue weighted by Gasteiger charge is 2.21. The van der Waals surface area contributed by atoms with Crippen LogP contribution >= 0.6 is 23.7 Å². The molecule has 2 N–H and O–H groups in total. The van der Waals surface area contributed by atoms with Crippen molar-refractivity contribution in [2.24, 2.45) is 11.8 Å². The van der Waals surface area contributed by atoms with Gasteiger partial charge in [0.2, 0.25) is 5.91 Å². The minimum atomic E-state index is 0. The number of hydrogen-bond donors (Lipinski definition) is 2. The molecule has 0 bridgehead atoms. The summed E-state index contributed by atoms with van der Waals surface area (Å²) < 4.78 is 0. The molecule has 1 amide bonds. The molecule has 6 heteroatoms. The van der Waals surface area contributed by atoms with Gasteiger partial charge >= 0.3 is 0 Å². The first-order chi connectivity index (χ1) is 9.70. The molecule has 0 saturated carbocycles. The van der Waals surface area contributed by atoms with Crippen molar-refractivity contribution in [3.8, 4) is 0 Å². The molecular formula is C15H24ClN3OS. The maximum atomic E-state index is 12.0. The van der Waals surface area contributed by atoms with Crippen molar-refractivity contribution < 1.29 is 4.79 Å². The van der Waals surface area contributed by atoms with E-state index in [9.17, 15) is 4.79 Å². The van der Waals surface area contributed by atoms with Gasteiger partial charge in [0.25, 0.3) is 0 Å². The second kappa shape index (κ2) is 7.56. The molecule has 0 aromatic carbocycles. The zero-order valence-electron chi connectivity index (χ0n) is 12.5. The van der Waals surface area contributed by atoms with Crippen LogP contribution < -0.4 is 10.6 Å². The summed E-state index contributed by atoms with van der Waals surface area (Å²) in [4.78, 5) is 17.9. The molecule has 118 valence electrons. The number of hydrogen-bond acceptors (Lipinski definition) is 4. The number of halogens is 1. The first-order valence-electron chi connectivity index (χ1n) is 7.70. The number of carbonyl (C=O) groups excluding carboxylic acids is 1. The Morgan fingerprint density at radius 2 is 2.33 bits per heavy atom. The van der Waals surface area contributed by atoms with Crippen molar-refractivity contribution in [3.63, 3.8) is 0 Å². The fourth-order valence-electron chi connectivity index (χ4n) is 3.07. The van der Waals surface area contributed by atoms with Crippen molar-refractivity contribution in [1.82, 2.24) is 10.3 Å². The molecule has 0 radical (unpaired) electrons. The summed E-state index contributed by atoms with van der Waals surface area (Å²) in [5.41, 5.74) is 1.21. The SMILES string of the molecule is CC1CCc2nc(NC(=O)CCC3CCNC3)sc2C1.Cl. The van der Waals surface area contributed by atoms with E-state index in [0.717, 1.165) is 43.4 Å². The lowest BCUT2D eigenvalue weighted by atomic mass is 9.93. The van der Waals surface area contributed by atoms with E-state index in [1.165, 1.54) is 23.4 Å². The highest BCUT2D eigenvalue weighted by atomic mass is 35.5. The first-order valence-corrected chi connectivity index (χ1v) is 8.51. The number of aromatic nitrogens is 1. The minimum absolute atomic E-state index is 0. The lowest BCUT2D eigenvalue weighted by Gasteiger charge is -2.15. The predicted octanol–water partition coefficient (Wildman–Crippen LogP) is 3.02. The molecule has 2 aliphatic rings. The van der Waals surface area contributed by atoms with Gasteiger partial charge in [-0.1, -0.05) is 6.92 Å². The number of amides is 1. The van der Waals surface area contributed by atoms with Gasteiger partial charge in [-0.05, 0) is 57.0 Å². The van der Waals surface area contributed by atoms with Gasteiger partial charge in [-0.3, -0.25) is 4.79 Å². The molecule has 1 fully saturated rings. The summed E-state index contributed by atoms with van der Waals surface area (Å²) in [6, 6.07) is 0. The maximum absolute atomic E-state index is 12.0. The Kier molecular flexibility index (Phi) is 6.02. The summed E-state index contributed by atoms with van der Waals surface area (Å²) in [6.45, 7) is 4.46. The molecule has 21 heavy (non-hydrogen) atoms. The van der Waals surface area contributed by atoms with Crippen molar-refractivity contribution in [2.45, 2.75) is 45.4 Å². The summed E-state index contributed by atoms with van der Waals surface area (Å²) in [5.74, 6) is 1.54. The van der Waals surface area contributed by atoms with Crippen LogP contribution in [-0.4, -0.2) is 24.0 Å². The van der Waals surface area contributed by atoms with Crippen molar-refractivity contribution in [2.75, 3.05) is 18.4 Å². The Balaban J connectivity index is 0.00000161. The van der Waals surface area contributed by atoms with E-state index in [0.29, 0.717) is 12.3 Å². The summed E-state index contributed by atoms with van der Waals surface area (Å²) in [7, 11) is 0. The molecule has 2 unspecified atom stereocenters. The molecule has 1 saturated heterocycles.